The molecule has 1 aliphatic rings. The maximum atomic E-state index is 11.1. The molecule has 3 atom stereocenters. The Kier molecular flexibility index (Phi) is 5.09. The van der Waals surface area contributed by atoms with Gasteiger partial charge in [-0.25, -0.2) is 0 Å². The molecule has 1 fully saturated rings. The number of aliphatic carboxylic acids is 1. The maximum Gasteiger partial charge on any atom is 0.308 e. The number of hydrogen-bond donors (Lipinski definition) is 2. The summed E-state index contributed by atoms with van der Waals surface area (Å²) in [6, 6.07) is 0.606. The molecular weight excluding hydrogens is 190 g/mol. The molecule has 0 aromatic carbocycles. The lowest BCUT2D eigenvalue weighted by molar-refractivity contribution is -0.143. The molecule has 3 unspecified atom stereocenters. The topological polar surface area (TPSA) is 49.3 Å². The Balaban J connectivity index is 2.57. The lowest BCUT2D eigenvalue weighted by atomic mass is 9.94. The van der Waals surface area contributed by atoms with Crippen LogP contribution in [0.25, 0.3) is 0 Å². The molecule has 88 valence electrons. The van der Waals surface area contributed by atoms with E-state index in [0.29, 0.717) is 6.04 Å². The number of carboxylic acid groups (broad SMARTS) is 1. The van der Waals surface area contributed by atoms with E-state index in [0.717, 1.165) is 32.1 Å². The van der Waals surface area contributed by atoms with Crippen LogP contribution in [0.15, 0.2) is 0 Å². The zero-order chi connectivity index (χ0) is 11.3. The minimum Gasteiger partial charge on any atom is -0.481 e. The zero-order valence-corrected chi connectivity index (χ0v) is 9.83. The van der Waals surface area contributed by atoms with Gasteiger partial charge in [-0.3, -0.25) is 4.79 Å². The third kappa shape index (κ3) is 3.82. The van der Waals surface area contributed by atoms with E-state index in [4.69, 9.17) is 0 Å². The Bertz CT molecular complexity index is 206. The molecule has 0 heterocycles. The van der Waals surface area contributed by atoms with E-state index < -0.39 is 5.97 Å². The van der Waals surface area contributed by atoms with Gasteiger partial charge in [0.25, 0.3) is 0 Å². The molecule has 1 rings (SSSR count). The van der Waals surface area contributed by atoms with E-state index in [1.165, 1.54) is 6.42 Å². The molecule has 0 bridgehead atoms. The first kappa shape index (κ1) is 12.5. The van der Waals surface area contributed by atoms with Crippen LogP contribution >= 0.6 is 0 Å². The fraction of sp³-hybridized carbons (Fsp3) is 0.917. The van der Waals surface area contributed by atoms with Gasteiger partial charge in [0.15, 0.2) is 0 Å². The van der Waals surface area contributed by atoms with Crippen LogP contribution in [0.4, 0.5) is 0 Å². The molecule has 3 heteroatoms. The van der Waals surface area contributed by atoms with Crippen LogP contribution in [0, 0.1) is 5.92 Å². The van der Waals surface area contributed by atoms with Crippen molar-refractivity contribution in [2.24, 2.45) is 5.92 Å². The van der Waals surface area contributed by atoms with E-state index in [1.807, 2.05) is 0 Å². The van der Waals surface area contributed by atoms with Gasteiger partial charge in [-0.05, 0) is 26.2 Å². The van der Waals surface area contributed by atoms with Crippen molar-refractivity contribution in [3.05, 3.63) is 0 Å². The number of hydrogen-bond acceptors (Lipinski definition) is 2. The fourth-order valence-electron chi connectivity index (χ4n) is 2.29. The summed E-state index contributed by atoms with van der Waals surface area (Å²) in [5.41, 5.74) is 0. The van der Waals surface area contributed by atoms with Crippen LogP contribution in [0.3, 0.4) is 0 Å². The summed E-state index contributed by atoms with van der Waals surface area (Å²) in [6.45, 7) is 4.26. The molecule has 1 saturated carbocycles. The predicted octanol–water partition coefficient (Wildman–Crippen LogP) is 2.41. The summed E-state index contributed by atoms with van der Waals surface area (Å²) in [5.74, 6) is -0.806. The summed E-state index contributed by atoms with van der Waals surface area (Å²) < 4.78 is 0. The highest BCUT2D eigenvalue weighted by molar-refractivity contribution is 5.70. The van der Waals surface area contributed by atoms with Gasteiger partial charge in [0, 0.05) is 12.1 Å². The Morgan fingerprint density at radius 3 is 2.67 bits per heavy atom. The van der Waals surface area contributed by atoms with Gasteiger partial charge in [-0.15, -0.1) is 0 Å². The first-order valence-corrected chi connectivity index (χ1v) is 6.14. The second-order valence-corrected chi connectivity index (χ2v) is 4.67. The van der Waals surface area contributed by atoms with E-state index >= 15 is 0 Å². The number of nitrogens with one attached hydrogen (secondary N) is 1. The van der Waals surface area contributed by atoms with Gasteiger partial charge in [0.2, 0.25) is 0 Å². The molecule has 0 saturated heterocycles. The first-order valence-electron chi connectivity index (χ1n) is 6.14. The smallest absolute Gasteiger partial charge is 0.308 e. The first-order chi connectivity index (χ1) is 7.15. The summed E-state index contributed by atoms with van der Waals surface area (Å²) in [5, 5.41) is 12.6. The summed E-state index contributed by atoms with van der Waals surface area (Å²) in [6.07, 6.45) is 6.32. The third-order valence-electron chi connectivity index (χ3n) is 3.44. The summed E-state index contributed by atoms with van der Waals surface area (Å²) in [4.78, 5) is 11.1. The minimum atomic E-state index is -0.627. The SMILES string of the molecule is CCC(C)NC1CCCCCC1C(=O)O. The van der Waals surface area contributed by atoms with Crippen LogP contribution in [0.2, 0.25) is 0 Å². The van der Waals surface area contributed by atoms with Gasteiger partial charge in [0.1, 0.15) is 0 Å². The summed E-state index contributed by atoms with van der Waals surface area (Å²) >= 11 is 0. The Morgan fingerprint density at radius 1 is 1.40 bits per heavy atom. The van der Waals surface area contributed by atoms with Crippen LogP contribution in [0.1, 0.15) is 52.4 Å². The van der Waals surface area contributed by atoms with Crippen molar-refractivity contribution in [3.8, 4) is 0 Å². The highest BCUT2D eigenvalue weighted by Gasteiger charge is 2.29. The molecule has 0 aliphatic heterocycles. The van der Waals surface area contributed by atoms with Gasteiger partial charge in [-0.2, -0.15) is 0 Å². The highest BCUT2D eigenvalue weighted by Crippen LogP contribution is 2.24. The molecule has 0 aromatic heterocycles. The van der Waals surface area contributed by atoms with Gasteiger partial charge in [0.05, 0.1) is 5.92 Å². The minimum absolute atomic E-state index is 0.179. The van der Waals surface area contributed by atoms with E-state index in [9.17, 15) is 9.90 Å². The largest absolute Gasteiger partial charge is 0.481 e. The monoisotopic (exact) mass is 213 g/mol. The molecule has 1 aliphatic carbocycles. The van der Waals surface area contributed by atoms with Gasteiger partial charge >= 0.3 is 5.97 Å². The van der Waals surface area contributed by atoms with Crippen molar-refractivity contribution in [2.45, 2.75) is 64.5 Å². The molecule has 3 nitrogen and oxygen atoms in total. The van der Waals surface area contributed by atoms with Crippen molar-refractivity contribution < 1.29 is 9.90 Å². The predicted molar refractivity (Wildman–Crippen MR) is 60.9 cm³/mol. The van der Waals surface area contributed by atoms with Crippen LogP contribution in [-0.4, -0.2) is 23.2 Å². The fourth-order valence-corrected chi connectivity index (χ4v) is 2.29. The zero-order valence-electron chi connectivity index (χ0n) is 9.83. The lowest BCUT2D eigenvalue weighted by Crippen LogP contribution is -2.43. The van der Waals surface area contributed by atoms with Crippen LogP contribution < -0.4 is 5.32 Å². The Labute approximate surface area is 92.3 Å². The molecular formula is C12H23NO2. The van der Waals surface area contributed by atoms with Crippen LogP contribution in [0.5, 0.6) is 0 Å². The molecule has 0 aromatic rings. The highest BCUT2D eigenvalue weighted by atomic mass is 16.4. The van der Waals surface area contributed by atoms with Crippen molar-refractivity contribution in [1.29, 1.82) is 0 Å². The lowest BCUT2D eigenvalue weighted by Gasteiger charge is -2.26. The molecule has 0 spiro atoms. The van der Waals surface area contributed by atoms with E-state index in [1.54, 1.807) is 0 Å². The Hall–Kier alpha value is -0.570. The second kappa shape index (κ2) is 6.11. The van der Waals surface area contributed by atoms with Gasteiger partial charge < -0.3 is 10.4 Å². The molecule has 15 heavy (non-hydrogen) atoms. The molecule has 2 N–H and O–H groups in total. The van der Waals surface area contributed by atoms with Crippen LogP contribution in [-0.2, 0) is 4.79 Å². The summed E-state index contributed by atoms with van der Waals surface area (Å²) in [7, 11) is 0. The van der Waals surface area contributed by atoms with Crippen molar-refractivity contribution >= 4 is 5.97 Å². The average molecular weight is 213 g/mol. The number of carboxylic acids is 1. The standard InChI is InChI=1S/C12H23NO2/c1-3-9(2)13-11-8-6-4-5-7-10(11)12(14)15/h9-11,13H,3-8H2,1-2H3,(H,14,15). The number of carbonyl (C=O) groups is 1. The van der Waals surface area contributed by atoms with Crippen molar-refractivity contribution in [1.82, 2.24) is 5.32 Å². The molecule has 0 amide bonds. The van der Waals surface area contributed by atoms with Crippen molar-refractivity contribution in [2.75, 3.05) is 0 Å². The Morgan fingerprint density at radius 2 is 2.07 bits per heavy atom. The normalized spacial score (nSPS) is 29.5. The average Bonchev–Trinajstić information content (AvgIpc) is 2.43. The molecule has 0 radical (unpaired) electrons. The quantitative estimate of drug-likeness (QED) is 0.705. The number of rotatable bonds is 4. The van der Waals surface area contributed by atoms with Crippen molar-refractivity contribution in [3.63, 3.8) is 0 Å². The van der Waals surface area contributed by atoms with E-state index in [-0.39, 0.29) is 12.0 Å². The maximum absolute atomic E-state index is 11.1. The van der Waals surface area contributed by atoms with Gasteiger partial charge in [-0.1, -0.05) is 26.2 Å². The second-order valence-electron chi connectivity index (χ2n) is 4.67. The van der Waals surface area contributed by atoms with E-state index in [2.05, 4.69) is 19.2 Å². The third-order valence-corrected chi connectivity index (χ3v) is 3.44.